The quantitative estimate of drug-likeness (QED) is 0.0483. The first kappa shape index (κ1) is 42.3. The molecular weight excluding hydrogens is 576 g/mol. The van der Waals surface area contributed by atoms with Gasteiger partial charge in [0.15, 0.2) is 6.10 Å². The van der Waals surface area contributed by atoms with Gasteiger partial charge in [0.05, 0.1) is 0 Å². The highest BCUT2D eigenvalue weighted by molar-refractivity contribution is 5.71. The van der Waals surface area contributed by atoms with E-state index in [1.54, 1.807) is 0 Å². The Hall–Kier alpha value is -3.67. The second kappa shape index (κ2) is 34.2. The van der Waals surface area contributed by atoms with Crippen molar-refractivity contribution in [2.75, 3.05) is 13.2 Å². The average molecular weight is 637 g/mol. The number of hydrogen-bond acceptors (Lipinski definition) is 6. The molecule has 0 saturated carbocycles. The number of ether oxygens (including phenoxy) is 3. The summed E-state index contributed by atoms with van der Waals surface area (Å²) < 4.78 is 16.3. The average Bonchev–Trinajstić information content (AvgIpc) is 3.05. The van der Waals surface area contributed by atoms with E-state index in [-0.39, 0.29) is 32.5 Å². The molecule has 0 aromatic carbocycles. The molecule has 0 aromatic rings. The molecule has 0 spiro atoms. The Balaban J connectivity index is 4.66. The topological polar surface area (TPSA) is 78.9 Å². The summed E-state index contributed by atoms with van der Waals surface area (Å²) in [5.41, 5.74) is 0. The van der Waals surface area contributed by atoms with Crippen LogP contribution in [0.3, 0.4) is 0 Å². The van der Waals surface area contributed by atoms with E-state index >= 15 is 0 Å². The normalized spacial score (nSPS) is 13.2. The first-order valence-corrected chi connectivity index (χ1v) is 17.2. The molecule has 0 aliphatic rings. The van der Waals surface area contributed by atoms with E-state index in [4.69, 9.17) is 14.2 Å². The van der Waals surface area contributed by atoms with Crippen molar-refractivity contribution in [1.29, 1.82) is 0 Å². The molecular formula is C40H60O6. The minimum Gasteiger partial charge on any atom is -0.462 e. The lowest BCUT2D eigenvalue weighted by Gasteiger charge is -2.18. The summed E-state index contributed by atoms with van der Waals surface area (Å²) in [5, 5.41) is 0. The Kier molecular flexibility index (Phi) is 31.5. The predicted molar refractivity (Wildman–Crippen MR) is 191 cm³/mol. The van der Waals surface area contributed by atoms with Gasteiger partial charge in [0, 0.05) is 19.3 Å². The number of unbranched alkanes of at least 4 members (excludes halogenated alkanes) is 1. The molecule has 0 fully saturated rings. The van der Waals surface area contributed by atoms with Crippen LogP contribution < -0.4 is 0 Å². The number of carbonyl (C=O) groups is 3. The Labute approximate surface area is 279 Å². The van der Waals surface area contributed by atoms with Crippen molar-refractivity contribution >= 4 is 17.9 Å². The molecule has 0 saturated heterocycles. The Morgan fingerprint density at radius 3 is 1.13 bits per heavy atom. The third kappa shape index (κ3) is 31.7. The van der Waals surface area contributed by atoms with E-state index in [0.29, 0.717) is 19.3 Å². The van der Waals surface area contributed by atoms with Crippen molar-refractivity contribution in [3.05, 3.63) is 97.2 Å². The summed E-state index contributed by atoms with van der Waals surface area (Å²) in [6.07, 6.45) is 43.2. The van der Waals surface area contributed by atoms with Crippen molar-refractivity contribution in [2.24, 2.45) is 0 Å². The van der Waals surface area contributed by atoms with Gasteiger partial charge in [-0.2, -0.15) is 0 Å². The van der Waals surface area contributed by atoms with E-state index in [1.165, 1.54) is 0 Å². The van der Waals surface area contributed by atoms with Crippen molar-refractivity contribution in [3.8, 4) is 0 Å². The van der Waals surface area contributed by atoms with Crippen LogP contribution in [0.1, 0.15) is 117 Å². The summed E-state index contributed by atoms with van der Waals surface area (Å²) in [4.78, 5) is 37.1. The maximum atomic E-state index is 12.5. The monoisotopic (exact) mass is 636 g/mol. The number of allylic oxidation sites excluding steroid dienone is 16. The third-order valence-corrected chi connectivity index (χ3v) is 6.32. The second-order valence-corrected chi connectivity index (χ2v) is 10.6. The Morgan fingerprint density at radius 2 is 0.761 bits per heavy atom. The molecule has 0 rings (SSSR count). The highest BCUT2D eigenvalue weighted by Gasteiger charge is 2.19. The molecule has 6 nitrogen and oxygen atoms in total. The fourth-order valence-electron chi connectivity index (χ4n) is 3.81. The number of rotatable bonds is 28. The van der Waals surface area contributed by atoms with Crippen LogP contribution >= 0.6 is 0 Å². The van der Waals surface area contributed by atoms with E-state index in [1.807, 2.05) is 36.5 Å². The minimum atomic E-state index is -0.855. The summed E-state index contributed by atoms with van der Waals surface area (Å²) >= 11 is 0. The molecule has 0 aromatic heterocycles. The van der Waals surface area contributed by atoms with Crippen LogP contribution in [0.15, 0.2) is 97.2 Å². The summed E-state index contributed by atoms with van der Waals surface area (Å²) in [6, 6.07) is 0. The van der Waals surface area contributed by atoms with Crippen molar-refractivity contribution in [2.45, 2.75) is 123 Å². The van der Waals surface area contributed by atoms with Crippen LogP contribution in [0, 0.1) is 0 Å². The molecule has 0 bridgehead atoms. The molecule has 0 N–H and O–H groups in total. The van der Waals surface area contributed by atoms with Gasteiger partial charge in [-0.15, -0.1) is 0 Å². The Bertz CT molecular complexity index is 951. The van der Waals surface area contributed by atoms with Gasteiger partial charge >= 0.3 is 17.9 Å². The van der Waals surface area contributed by atoms with E-state index in [9.17, 15) is 14.4 Å². The SMILES string of the molecule is CC/C=C\C/C=C\CC=CCCC(=O)OCC(COC(=O)CC/C=C\C/C=C\C/C=C\CC)OC(=O)CC/C=C\C/C=C\CCC. The van der Waals surface area contributed by atoms with Gasteiger partial charge in [0.2, 0.25) is 0 Å². The van der Waals surface area contributed by atoms with Gasteiger partial charge in [-0.3, -0.25) is 14.4 Å². The summed E-state index contributed by atoms with van der Waals surface area (Å²) in [6.45, 7) is 6.04. The summed E-state index contributed by atoms with van der Waals surface area (Å²) in [5.74, 6) is -1.21. The first-order chi connectivity index (χ1) is 22.5. The minimum absolute atomic E-state index is 0.159. The van der Waals surface area contributed by atoms with Gasteiger partial charge in [0.1, 0.15) is 13.2 Å². The van der Waals surface area contributed by atoms with Crippen LogP contribution in [-0.4, -0.2) is 37.2 Å². The fraction of sp³-hybridized carbons (Fsp3) is 0.525. The first-order valence-electron chi connectivity index (χ1n) is 17.2. The second-order valence-electron chi connectivity index (χ2n) is 10.6. The maximum Gasteiger partial charge on any atom is 0.306 e. The molecule has 0 radical (unpaired) electrons. The van der Waals surface area contributed by atoms with E-state index in [2.05, 4.69) is 81.5 Å². The zero-order valence-electron chi connectivity index (χ0n) is 28.8. The number of hydrogen-bond donors (Lipinski definition) is 0. The van der Waals surface area contributed by atoms with Gasteiger partial charge in [-0.25, -0.2) is 0 Å². The lowest BCUT2D eigenvalue weighted by molar-refractivity contribution is -0.166. The smallest absolute Gasteiger partial charge is 0.306 e. The van der Waals surface area contributed by atoms with Crippen molar-refractivity contribution < 1.29 is 28.6 Å². The molecule has 0 aliphatic heterocycles. The predicted octanol–water partition coefficient (Wildman–Crippen LogP) is 10.3. The van der Waals surface area contributed by atoms with Crippen LogP contribution in [0.4, 0.5) is 0 Å². The van der Waals surface area contributed by atoms with Crippen molar-refractivity contribution in [3.63, 3.8) is 0 Å². The molecule has 256 valence electrons. The highest BCUT2D eigenvalue weighted by atomic mass is 16.6. The lowest BCUT2D eigenvalue weighted by atomic mass is 10.2. The number of esters is 3. The molecule has 0 aliphatic carbocycles. The van der Waals surface area contributed by atoms with Crippen LogP contribution in [0.2, 0.25) is 0 Å². The molecule has 0 heterocycles. The third-order valence-electron chi connectivity index (χ3n) is 6.32. The Morgan fingerprint density at radius 1 is 0.435 bits per heavy atom. The molecule has 1 atom stereocenters. The molecule has 6 heteroatoms. The lowest BCUT2D eigenvalue weighted by Crippen LogP contribution is -2.30. The fourth-order valence-corrected chi connectivity index (χ4v) is 3.81. The van der Waals surface area contributed by atoms with Gasteiger partial charge in [0.25, 0.3) is 0 Å². The van der Waals surface area contributed by atoms with Crippen LogP contribution in [0.25, 0.3) is 0 Å². The largest absolute Gasteiger partial charge is 0.462 e. The van der Waals surface area contributed by atoms with E-state index in [0.717, 1.165) is 57.8 Å². The molecule has 0 amide bonds. The van der Waals surface area contributed by atoms with Gasteiger partial charge < -0.3 is 14.2 Å². The maximum absolute atomic E-state index is 12.5. The molecule has 1 unspecified atom stereocenters. The highest BCUT2D eigenvalue weighted by Crippen LogP contribution is 2.06. The van der Waals surface area contributed by atoms with Crippen molar-refractivity contribution in [1.82, 2.24) is 0 Å². The molecule has 46 heavy (non-hydrogen) atoms. The zero-order valence-corrected chi connectivity index (χ0v) is 28.8. The zero-order chi connectivity index (χ0) is 33.8. The van der Waals surface area contributed by atoms with Crippen LogP contribution in [0.5, 0.6) is 0 Å². The number of carbonyl (C=O) groups excluding carboxylic acids is 3. The standard InChI is InChI=1S/C40H60O6/c1-4-7-10-13-16-19-21-24-26-29-32-38(41)44-35-37(46-40(43)34-31-28-23-18-15-12-9-6-3)36-45-39(42)33-30-27-25-22-20-17-14-11-8-5-2/h7-8,10-12,15-17,19-20,23-28,37H,4-6,9,13-14,18,21-22,29-36H2,1-3H3/b10-7-,11-8-,15-12-,19-16-,20-17-,26-24-,27-25?,28-23-. The summed E-state index contributed by atoms with van der Waals surface area (Å²) in [7, 11) is 0. The van der Waals surface area contributed by atoms with Gasteiger partial charge in [-0.1, -0.05) is 124 Å². The van der Waals surface area contributed by atoms with E-state index < -0.39 is 24.0 Å². The van der Waals surface area contributed by atoms with Gasteiger partial charge in [-0.05, 0) is 70.6 Å². The van der Waals surface area contributed by atoms with Crippen LogP contribution in [-0.2, 0) is 28.6 Å².